The predicted octanol–water partition coefficient (Wildman–Crippen LogP) is 6.47. The van der Waals surface area contributed by atoms with Crippen LogP contribution in [0.4, 0.5) is 17.6 Å². The van der Waals surface area contributed by atoms with Crippen molar-refractivity contribution in [2.24, 2.45) is 0 Å². The number of rotatable bonds is 9. The Morgan fingerprint density at radius 3 is 2.47 bits per heavy atom. The molecule has 0 spiro atoms. The van der Waals surface area contributed by atoms with Gasteiger partial charge in [-0.05, 0) is 80.6 Å². The van der Waals surface area contributed by atoms with Crippen molar-refractivity contribution in [1.82, 2.24) is 19.4 Å². The molecule has 0 saturated heterocycles. The SMILES string of the molecule is CCSC(C)(C)CN(C(=O)Cc1ccc(F)c(C(F)(F)F)c1)[C@H](C)c1nc2ncccc2c(=O)n1-c1ccc(C#N)cc1. The number of amides is 1. The molecule has 2 aromatic heterocycles. The number of benzene rings is 2. The molecule has 0 unspecified atom stereocenters. The zero-order valence-corrected chi connectivity index (χ0v) is 24.8. The van der Waals surface area contributed by atoms with Gasteiger partial charge in [-0.25, -0.2) is 14.4 Å². The maximum atomic E-state index is 14.0. The lowest BCUT2D eigenvalue weighted by molar-refractivity contribution is -0.140. The maximum Gasteiger partial charge on any atom is 0.419 e. The number of fused-ring (bicyclic) bond motifs is 1. The minimum atomic E-state index is -4.92. The molecule has 0 aliphatic rings. The largest absolute Gasteiger partial charge is 0.419 e. The van der Waals surface area contributed by atoms with Crippen molar-refractivity contribution < 1.29 is 22.4 Å². The van der Waals surface area contributed by atoms with E-state index in [1.54, 1.807) is 55.1 Å². The van der Waals surface area contributed by atoms with Gasteiger partial charge in [-0.1, -0.05) is 13.0 Å². The van der Waals surface area contributed by atoms with Crippen LogP contribution >= 0.6 is 11.8 Å². The number of aromatic nitrogens is 3. The summed E-state index contributed by atoms with van der Waals surface area (Å²) in [4.78, 5) is 38.1. The fourth-order valence-corrected chi connectivity index (χ4v) is 5.87. The molecule has 1 amide bonds. The van der Waals surface area contributed by atoms with Gasteiger partial charge in [0.05, 0.1) is 40.7 Å². The van der Waals surface area contributed by atoms with E-state index >= 15 is 0 Å². The minimum Gasteiger partial charge on any atom is -0.331 e. The second-order valence-corrected chi connectivity index (χ2v) is 12.5. The van der Waals surface area contributed by atoms with Crippen LogP contribution in [0.15, 0.2) is 65.6 Å². The monoisotopic (exact) mass is 611 g/mol. The number of hydrogen-bond donors (Lipinski definition) is 0. The van der Waals surface area contributed by atoms with E-state index in [1.165, 1.54) is 15.7 Å². The van der Waals surface area contributed by atoms with Crippen molar-refractivity contribution >= 4 is 28.7 Å². The lowest BCUT2D eigenvalue weighted by Gasteiger charge is -2.36. The van der Waals surface area contributed by atoms with Crippen molar-refractivity contribution in [3.63, 3.8) is 0 Å². The summed E-state index contributed by atoms with van der Waals surface area (Å²) in [7, 11) is 0. The smallest absolute Gasteiger partial charge is 0.331 e. The molecule has 1 atom stereocenters. The first kappa shape index (κ1) is 31.7. The van der Waals surface area contributed by atoms with Crippen molar-refractivity contribution in [2.45, 2.75) is 51.1 Å². The summed E-state index contributed by atoms with van der Waals surface area (Å²) in [5, 5.41) is 9.50. The summed E-state index contributed by atoms with van der Waals surface area (Å²) >= 11 is 1.59. The number of alkyl halides is 3. The Hall–Kier alpha value is -4.24. The number of pyridine rings is 1. The summed E-state index contributed by atoms with van der Waals surface area (Å²) in [6.45, 7) is 7.71. The zero-order valence-electron chi connectivity index (χ0n) is 23.9. The lowest BCUT2D eigenvalue weighted by Crippen LogP contribution is -2.44. The fraction of sp³-hybridized carbons (Fsp3) is 0.323. The maximum absolute atomic E-state index is 14.0. The topological polar surface area (TPSA) is 91.9 Å². The first-order valence-corrected chi connectivity index (χ1v) is 14.4. The molecule has 0 aliphatic heterocycles. The molecule has 7 nitrogen and oxygen atoms in total. The molecule has 4 rings (SSSR count). The highest BCUT2D eigenvalue weighted by atomic mass is 32.2. The molecule has 4 aromatic rings. The molecule has 2 aromatic carbocycles. The standard InChI is InChI=1S/C31H29F4N5O2S/c1-5-43-30(3,4)18-39(26(41)16-21-10-13-25(32)24(15-21)31(33,34)35)19(2)28-38-27-23(7-6-14-37-27)29(42)40(28)22-11-8-20(17-36)9-12-22/h6-15,19H,5,16,18H2,1-4H3/t19-/m1/s1. The van der Waals surface area contributed by atoms with E-state index in [4.69, 9.17) is 0 Å². The number of carbonyl (C=O) groups is 1. The molecule has 0 fully saturated rings. The van der Waals surface area contributed by atoms with Crippen LogP contribution in [0, 0.1) is 17.1 Å². The van der Waals surface area contributed by atoms with Gasteiger partial charge in [0.2, 0.25) is 5.91 Å². The van der Waals surface area contributed by atoms with Crippen molar-refractivity contribution in [3.05, 3.63) is 99.5 Å². The van der Waals surface area contributed by atoms with Gasteiger partial charge in [0, 0.05) is 17.5 Å². The Morgan fingerprint density at radius 1 is 1.14 bits per heavy atom. The summed E-state index contributed by atoms with van der Waals surface area (Å²) < 4.78 is 55.0. The number of nitrogens with zero attached hydrogens (tertiary/aromatic N) is 5. The fourth-order valence-electron chi connectivity index (χ4n) is 4.85. The van der Waals surface area contributed by atoms with Crippen LogP contribution in [-0.4, -0.2) is 42.4 Å². The Kier molecular flexibility index (Phi) is 9.25. The molecule has 43 heavy (non-hydrogen) atoms. The van der Waals surface area contributed by atoms with E-state index in [-0.39, 0.29) is 29.0 Å². The van der Waals surface area contributed by atoms with Gasteiger partial charge < -0.3 is 4.90 Å². The number of carbonyl (C=O) groups excluding carboxylic acids is 1. The Morgan fingerprint density at radius 2 is 1.84 bits per heavy atom. The first-order valence-electron chi connectivity index (χ1n) is 13.4. The molecule has 2 heterocycles. The second-order valence-electron chi connectivity index (χ2n) is 10.5. The molecule has 0 bridgehead atoms. The number of thioether (sulfide) groups is 1. The van der Waals surface area contributed by atoms with Gasteiger partial charge in [-0.2, -0.15) is 30.2 Å². The molecular weight excluding hydrogens is 582 g/mol. The van der Waals surface area contributed by atoms with Crippen molar-refractivity contribution in [1.29, 1.82) is 5.26 Å². The number of halogens is 4. The quantitative estimate of drug-likeness (QED) is 0.201. The predicted molar refractivity (Wildman–Crippen MR) is 157 cm³/mol. The van der Waals surface area contributed by atoms with Crippen LogP contribution < -0.4 is 5.56 Å². The molecule has 0 saturated carbocycles. The van der Waals surface area contributed by atoms with Gasteiger partial charge >= 0.3 is 6.18 Å². The highest BCUT2D eigenvalue weighted by Crippen LogP contribution is 2.33. The molecule has 12 heteroatoms. The summed E-state index contributed by atoms with van der Waals surface area (Å²) in [6.07, 6.45) is -3.87. The van der Waals surface area contributed by atoms with Gasteiger partial charge in [0.25, 0.3) is 5.56 Å². The van der Waals surface area contributed by atoms with Crippen LogP contribution in [0.5, 0.6) is 0 Å². The molecular formula is C31H29F4N5O2S. The Labute approximate surface area is 250 Å². The third-order valence-electron chi connectivity index (χ3n) is 6.86. The average molecular weight is 612 g/mol. The summed E-state index contributed by atoms with van der Waals surface area (Å²) in [5.74, 6) is -1.03. The summed E-state index contributed by atoms with van der Waals surface area (Å²) in [5.41, 5.74) is -0.929. The van der Waals surface area contributed by atoms with E-state index in [0.29, 0.717) is 23.4 Å². The van der Waals surface area contributed by atoms with Crippen molar-refractivity contribution in [3.8, 4) is 11.8 Å². The van der Waals surface area contributed by atoms with Crippen LogP contribution in [0.25, 0.3) is 16.7 Å². The van der Waals surface area contributed by atoms with Gasteiger partial charge in [0.1, 0.15) is 11.6 Å². The normalized spacial score (nSPS) is 12.6. The van der Waals surface area contributed by atoms with Gasteiger partial charge in [0.15, 0.2) is 5.65 Å². The van der Waals surface area contributed by atoms with Crippen LogP contribution in [0.1, 0.15) is 56.3 Å². The number of hydrogen-bond acceptors (Lipinski definition) is 6. The molecule has 224 valence electrons. The van der Waals surface area contributed by atoms with Gasteiger partial charge in [-0.15, -0.1) is 0 Å². The first-order chi connectivity index (χ1) is 20.3. The van der Waals surface area contributed by atoms with E-state index < -0.39 is 46.2 Å². The van der Waals surface area contributed by atoms with Crippen LogP contribution in [0.3, 0.4) is 0 Å². The highest BCUT2D eigenvalue weighted by Gasteiger charge is 2.35. The zero-order chi connectivity index (χ0) is 31.5. The average Bonchev–Trinajstić information content (AvgIpc) is 2.96. The van der Waals surface area contributed by atoms with E-state index in [1.807, 2.05) is 26.8 Å². The number of nitriles is 1. The molecule has 0 radical (unpaired) electrons. The highest BCUT2D eigenvalue weighted by molar-refractivity contribution is 8.00. The third kappa shape index (κ3) is 7.05. The molecule has 0 aliphatic carbocycles. The lowest BCUT2D eigenvalue weighted by atomic mass is 10.0. The van der Waals surface area contributed by atoms with E-state index in [2.05, 4.69) is 9.97 Å². The van der Waals surface area contributed by atoms with Crippen LogP contribution in [0.2, 0.25) is 0 Å². The van der Waals surface area contributed by atoms with Gasteiger partial charge in [-0.3, -0.25) is 14.2 Å². The van der Waals surface area contributed by atoms with Crippen molar-refractivity contribution in [2.75, 3.05) is 12.3 Å². The Balaban J connectivity index is 1.86. The van der Waals surface area contributed by atoms with E-state index in [0.717, 1.165) is 11.8 Å². The molecule has 0 N–H and O–H groups in total. The third-order valence-corrected chi connectivity index (χ3v) is 8.06. The minimum absolute atomic E-state index is 0.00510. The summed E-state index contributed by atoms with van der Waals surface area (Å²) in [6, 6.07) is 13.2. The second kappa shape index (κ2) is 12.6. The van der Waals surface area contributed by atoms with Crippen LogP contribution in [-0.2, 0) is 17.4 Å². The Bertz CT molecular complexity index is 1750. The van der Waals surface area contributed by atoms with E-state index in [9.17, 15) is 32.4 Å².